The van der Waals surface area contributed by atoms with E-state index in [1.807, 2.05) is 74.5 Å². The van der Waals surface area contributed by atoms with Gasteiger partial charge in [-0.25, -0.2) is 4.98 Å². The number of halogens is 1. The Hall–Kier alpha value is -3.31. The van der Waals surface area contributed by atoms with Crippen LogP contribution in [0.4, 0.5) is 0 Å². The number of hydrogen-bond acceptors (Lipinski definition) is 3. The molecule has 0 unspecified atom stereocenters. The van der Waals surface area contributed by atoms with Gasteiger partial charge in [-0.05, 0) is 61.9 Å². The number of carbonyl (C=O) groups excluding carboxylic acids is 1. The summed E-state index contributed by atoms with van der Waals surface area (Å²) < 4.78 is 8.12. The summed E-state index contributed by atoms with van der Waals surface area (Å²) >= 11 is 6.10. The summed E-state index contributed by atoms with van der Waals surface area (Å²) in [5, 5.41) is 3.73. The first kappa shape index (κ1) is 21.9. The van der Waals surface area contributed by atoms with Crippen molar-refractivity contribution >= 4 is 28.5 Å². The van der Waals surface area contributed by atoms with Crippen molar-refractivity contribution in [1.82, 2.24) is 14.9 Å². The SMILES string of the molecule is Cc1ccc(C(=O)NCCc2nc3ccccc3n2CCOc2ccc(Cl)c(C)c2)cc1. The molecule has 0 spiro atoms. The Morgan fingerprint density at radius 2 is 1.84 bits per heavy atom. The molecule has 1 heterocycles. The van der Waals surface area contributed by atoms with E-state index in [1.54, 1.807) is 0 Å². The van der Waals surface area contributed by atoms with Gasteiger partial charge in [0.05, 0.1) is 17.6 Å². The molecule has 0 fully saturated rings. The standard InChI is InChI=1S/C26H26ClN3O2/c1-18-7-9-20(10-8-18)26(31)28-14-13-25-29-23-5-3-4-6-24(23)30(25)15-16-32-21-11-12-22(27)19(2)17-21/h3-12,17H,13-16H2,1-2H3,(H,28,31). The Morgan fingerprint density at radius 1 is 1.06 bits per heavy atom. The molecule has 0 saturated carbocycles. The van der Waals surface area contributed by atoms with Crippen LogP contribution in [0.1, 0.15) is 27.3 Å². The van der Waals surface area contributed by atoms with Crippen LogP contribution in [-0.2, 0) is 13.0 Å². The quantitative estimate of drug-likeness (QED) is 0.395. The van der Waals surface area contributed by atoms with E-state index in [0.717, 1.165) is 38.8 Å². The Bertz CT molecular complexity index is 1230. The largest absolute Gasteiger partial charge is 0.492 e. The minimum atomic E-state index is -0.0749. The molecular formula is C26H26ClN3O2. The van der Waals surface area contributed by atoms with Crippen molar-refractivity contribution in [1.29, 1.82) is 0 Å². The summed E-state index contributed by atoms with van der Waals surface area (Å²) in [6.07, 6.45) is 0.631. The van der Waals surface area contributed by atoms with E-state index >= 15 is 0 Å². The zero-order valence-corrected chi connectivity index (χ0v) is 19.0. The first-order valence-electron chi connectivity index (χ1n) is 10.7. The second-order valence-corrected chi connectivity index (χ2v) is 8.21. The molecule has 0 aliphatic carbocycles. The summed E-state index contributed by atoms with van der Waals surface area (Å²) in [6, 6.07) is 21.3. The molecule has 0 aliphatic heterocycles. The van der Waals surface area contributed by atoms with Crippen LogP contribution < -0.4 is 10.1 Å². The fourth-order valence-electron chi connectivity index (χ4n) is 3.62. The molecule has 0 radical (unpaired) electrons. The number of rotatable bonds is 8. The highest BCUT2D eigenvalue weighted by Gasteiger charge is 2.12. The van der Waals surface area contributed by atoms with E-state index in [1.165, 1.54) is 0 Å². The van der Waals surface area contributed by atoms with Gasteiger partial charge in [-0.3, -0.25) is 4.79 Å². The van der Waals surface area contributed by atoms with Gasteiger partial charge in [0.15, 0.2) is 0 Å². The van der Waals surface area contributed by atoms with Crippen molar-refractivity contribution in [3.63, 3.8) is 0 Å². The second-order valence-electron chi connectivity index (χ2n) is 7.80. The highest BCUT2D eigenvalue weighted by molar-refractivity contribution is 6.31. The van der Waals surface area contributed by atoms with Crippen LogP contribution in [0.3, 0.4) is 0 Å². The predicted molar refractivity (Wildman–Crippen MR) is 129 cm³/mol. The number of nitrogens with one attached hydrogen (secondary N) is 1. The van der Waals surface area contributed by atoms with Crippen molar-refractivity contribution in [2.75, 3.05) is 13.2 Å². The maximum atomic E-state index is 12.4. The van der Waals surface area contributed by atoms with E-state index in [4.69, 9.17) is 21.3 Å². The first-order valence-corrected chi connectivity index (χ1v) is 11.1. The van der Waals surface area contributed by atoms with Crippen molar-refractivity contribution in [3.8, 4) is 5.75 Å². The van der Waals surface area contributed by atoms with Gasteiger partial charge in [-0.15, -0.1) is 0 Å². The summed E-state index contributed by atoms with van der Waals surface area (Å²) in [5.74, 6) is 1.64. The summed E-state index contributed by atoms with van der Waals surface area (Å²) in [7, 11) is 0. The van der Waals surface area contributed by atoms with E-state index < -0.39 is 0 Å². The number of nitrogens with zero attached hydrogens (tertiary/aromatic N) is 2. The smallest absolute Gasteiger partial charge is 0.251 e. The van der Waals surface area contributed by atoms with Crippen molar-refractivity contribution in [2.24, 2.45) is 0 Å². The molecule has 4 aromatic rings. The molecule has 3 aromatic carbocycles. The molecule has 5 nitrogen and oxygen atoms in total. The summed E-state index contributed by atoms with van der Waals surface area (Å²) in [4.78, 5) is 17.2. The minimum absolute atomic E-state index is 0.0749. The van der Waals surface area contributed by atoms with E-state index in [-0.39, 0.29) is 5.91 Å². The lowest BCUT2D eigenvalue weighted by atomic mass is 10.1. The van der Waals surface area contributed by atoms with Crippen LogP contribution in [0.25, 0.3) is 11.0 Å². The number of para-hydroxylation sites is 2. The number of imidazole rings is 1. The van der Waals surface area contributed by atoms with Gasteiger partial charge < -0.3 is 14.6 Å². The number of aromatic nitrogens is 2. The van der Waals surface area contributed by atoms with Gasteiger partial charge in [0.1, 0.15) is 18.2 Å². The number of benzene rings is 3. The third-order valence-corrected chi connectivity index (χ3v) is 5.82. The fraction of sp³-hybridized carbons (Fsp3) is 0.231. The predicted octanol–water partition coefficient (Wildman–Crippen LogP) is 5.36. The molecule has 32 heavy (non-hydrogen) atoms. The fourth-order valence-corrected chi connectivity index (χ4v) is 3.74. The molecule has 1 N–H and O–H groups in total. The molecular weight excluding hydrogens is 422 g/mol. The molecule has 0 aliphatic rings. The van der Waals surface area contributed by atoms with Gasteiger partial charge >= 0.3 is 0 Å². The number of ether oxygens (including phenoxy) is 1. The average Bonchev–Trinajstić information content (AvgIpc) is 3.14. The van der Waals surface area contributed by atoms with Gasteiger partial charge in [0.2, 0.25) is 0 Å². The molecule has 0 bridgehead atoms. The lowest BCUT2D eigenvalue weighted by Gasteiger charge is -2.12. The van der Waals surface area contributed by atoms with Crippen LogP contribution in [0.2, 0.25) is 5.02 Å². The van der Waals surface area contributed by atoms with Crippen molar-refractivity contribution in [2.45, 2.75) is 26.8 Å². The molecule has 164 valence electrons. The van der Waals surface area contributed by atoms with Crippen molar-refractivity contribution in [3.05, 3.63) is 94.3 Å². The second kappa shape index (κ2) is 9.88. The third-order valence-electron chi connectivity index (χ3n) is 5.39. The highest BCUT2D eigenvalue weighted by Crippen LogP contribution is 2.21. The maximum absolute atomic E-state index is 12.4. The van der Waals surface area contributed by atoms with Crippen LogP contribution in [0.15, 0.2) is 66.7 Å². The molecule has 0 saturated heterocycles. The number of amides is 1. The number of carbonyl (C=O) groups is 1. The normalized spacial score (nSPS) is 11.0. The number of hydrogen-bond donors (Lipinski definition) is 1. The highest BCUT2D eigenvalue weighted by atomic mass is 35.5. The topological polar surface area (TPSA) is 56.2 Å². The van der Waals surface area contributed by atoms with Crippen LogP contribution in [-0.4, -0.2) is 28.6 Å². The zero-order valence-electron chi connectivity index (χ0n) is 18.3. The monoisotopic (exact) mass is 447 g/mol. The Morgan fingerprint density at radius 3 is 2.62 bits per heavy atom. The Kier molecular flexibility index (Phi) is 6.76. The first-order chi connectivity index (χ1) is 15.5. The van der Waals surface area contributed by atoms with Crippen LogP contribution in [0.5, 0.6) is 5.75 Å². The summed E-state index contributed by atoms with van der Waals surface area (Å²) in [5.41, 5.74) is 4.78. The molecule has 4 rings (SSSR count). The van der Waals surface area contributed by atoms with Gasteiger partial charge in [0, 0.05) is 23.6 Å². The molecule has 1 amide bonds. The van der Waals surface area contributed by atoms with Gasteiger partial charge in [0.25, 0.3) is 5.91 Å². The third kappa shape index (κ3) is 5.11. The minimum Gasteiger partial charge on any atom is -0.492 e. The number of aryl methyl sites for hydroxylation is 2. The molecule has 0 atom stereocenters. The molecule has 1 aromatic heterocycles. The molecule has 6 heteroatoms. The van der Waals surface area contributed by atoms with E-state index in [0.29, 0.717) is 31.7 Å². The van der Waals surface area contributed by atoms with Gasteiger partial charge in [-0.1, -0.05) is 41.4 Å². The van der Waals surface area contributed by atoms with Crippen LogP contribution in [0, 0.1) is 13.8 Å². The van der Waals surface area contributed by atoms with Crippen LogP contribution >= 0.6 is 11.6 Å². The van der Waals surface area contributed by atoms with Gasteiger partial charge in [-0.2, -0.15) is 0 Å². The zero-order chi connectivity index (χ0) is 22.5. The summed E-state index contributed by atoms with van der Waals surface area (Å²) in [6.45, 7) is 5.63. The van der Waals surface area contributed by atoms with E-state index in [2.05, 4.69) is 16.0 Å². The lowest BCUT2D eigenvalue weighted by Crippen LogP contribution is -2.26. The van der Waals surface area contributed by atoms with E-state index in [9.17, 15) is 4.79 Å². The average molecular weight is 448 g/mol. The Labute approximate surface area is 193 Å². The lowest BCUT2D eigenvalue weighted by molar-refractivity contribution is 0.0954. The maximum Gasteiger partial charge on any atom is 0.251 e. The Balaban J connectivity index is 1.42. The van der Waals surface area contributed by atoms with Crippen molar-refractivity contribution < 1.29 is 9.53 Å². The number of fused-ring (bicyclic) bond motifs is 1.